The maximum Gasteiger partial charge on any atom is 0.255 e. The van der Waals surface area contributed by atoms with Crippen LogP contribution in [0.2, 0.25) is 5.02 Å². The highest BCUT2D eigenvalue weighted by Crippen LogP contribution is 2.35. The van der Waals surface area contributed by atoms with E-state index >= 15 is 0 Å². The van der Waals surface area contributed by atoms with E-state index < -0.39 is 0 Å². The van der Waals surface area contributed by atoms with E-state index in [4.69, 9.17) is 11.6 Å². The third kappa shape index (κ3) is 2.55. The van der Waals surface area contributed by atoms with Crippen molar-refractivity contribution in [3.05, 3.63) is 28.8 Å². The molecule has 1 N–H and O–H groups in total. The molecule has 17 heavy (non-hydrogen) atoms. The van der Waals surface area contributed by atoms with Gasteiger partial charge in [0.1, 0.15) is 5.75 Å². The first-order valence-electron chi connectivity index (χ1n) is 5.76. The van der Waals surface area contributed by atoms with Crippen molar-refractivity contribution in [3.8, 4) is 5.75 Å². The highest BCUT2D eigenvalue weighted by atomic mass is 35.5. The van der Waals surface area contributed by atoms with E-state index in [-0.39, 0.29) is 17.7 Å². The van der Waals surface area contributed by atoms with Gasteiger partial charge < -0.3 is 10.0 Å². The van der Waals surface area contributed by atoms with Crippen LogP contribution in [0.3, 0.4) is 0 Å². The van der Waals surface area contributed by atoms with Crippen LogP contribution < -0.4 is 0 Å². The van der Waals surface area contributed by atoms with Crippen LogP contribution in [0.5, 0.6) is 5.75 Å². The van der Waals surface area contributed by atoms with Crippen LogP contribution in [0.25, 0.3) is 0 Å². The smallest absolute Gasteiger partial charge is 0.255 e. The quantitative estimate of drug-likeness (QED) is 0.900. The van der Waals surface area contributed by atoms with Crippen molar-refractivity contribution in [1.29, 1.82) is 0 Å². The molecule has 4 heteroatoms. The first-order chi connectivity index (χ1) is 8.00. The number of rotatable bonds is 3. The van der Waals surface area contributed by atoms with Gasteiger partial charge in [-0.05, 0) is 43.9 Å². The molecule has 0 aliphatic heterocycles. The fourth-order valence-electron chi connectivity index (χ4n) is 1.95. The van der Waals surface area contributed by atoms with Crippen LogP contribution in [-0.2, 0) is 0 Å². The van der Waals surface area contributed by atoms with E-state index in [1.54, 1.807) is 18.0 Å². The Morgan fingerprint density at radius 1 is 1.53 bits per heavy atom. The van der Waals surface area contributed by atoms with E-state index in [1.165, 1.54) is 25.0 Å². The van der Waals surface area contributed by atoms with Crippen molar-refractivity contribution in [2.24, 2.45) is 5.92 Å². The average Bonchev–Trinajstić information content (AvgIpc) is 3.13. The number of aromatic hydroxyl groups is 1. The van der Waals surface area contributed by atoms with Gasteiger partial charge in [-0.3, -0.25) is 4.79 Å². The zero-order chi connectivity index (χ0) is 12.6. The molecule has 0 spiro atoms. The molecule has 0 bridgehead atoms. The highest BCUT2D eigenvalue weighted by molar-refractivity contribution is 6.33. The molecule has 0 aromatic heterocycles. The molecule has 0 saturated heterocycles. The number of carbonyl (C=O) groups is 1. The summed E-state index contributed by atoms with van der Waals surface area (Å²) in [5.41, 5.74) is 0.363. The third-order valence-corrected chi connectivity index (χ3v) is 3.75. The lowest BCUT2D eigenvalue weighted by Crippen LogP contribution is -2.36. The molecule has 1 unspecified atom stereocenters. The van der Waals surface area contributed by atoms with Crippen molar-refractivity contribution in [1.82, 2.24) is 4.90 Å². The number of phenolic OH excluding ortho intramolecular Hbond substituents is 1. The van der Waals surface area contributed by atoms with Crippen LogP contribution in [0.4, 0.5) is 0 Å². The Morgan fingerprint density at radius 3 is 2.76 bits per heavy atom. The number of carbonyl (C=O) groups excluding carboxylic acids is 1. The summed E-state index contributed by atoms with van der Waals surface area (Å²) >= 11 is 5.98. The van der Waals surface area contributed by atoms with Gasteiger partial charge in [-0.1, -0.05) is 11.6 Å². The minimum atomic E-state index is -0.134. The second-order valence-electron chi connectivity index (χ2n) is 4.66. The highest BCUT2D eigenvalue weighted by Gasteiger charge is 2.33. The zero-order valence-corrected chi connectivity index (χ0v) is 10.7. The number of hydrogen-bond donors (Lipinski definition) is 1. The van der Waals surface area contributed by atoms with Crippen LogP contribution in [0, 0.1) is 5.92 Å². The number of nitrogens with zero attached hydrogens (tertiary/aromatic N) is 1. The largest absolute Gasteiger partial charge is 0.508 e. The summed E-state index contributed by atoms with van der Waals surface area (Å²) in [5.74, 6) is 0.538. The number of amides is 1. The van der Waals surface area contributed by atoms with Crippen molar-refractivity contribution in [3.63, 3.8) is 0 Å². The maximum atomic E-state index is 12.2. The maximum absolute atomic E-state index is 12.2. The summed E-state index contributed by atoms with van der Waals surface area (Å²) in [6.45, 7) is 2.05. The Morgan fingerprint density at radius 2 is 2.18 bits per heavy atom. The van der Waals surface area contributed by atoms with Gasteiger partial charge in [0, 0.05) is 13.1 Å². The second kappa shape index (κ2) is 4.57. The summed E-state index contributed by atoms with van der Waals surface area (Å²) in [6, 6.07) is 4.66. The number of phenols is 1. The Hall–Kier alpha value is -1.22. The fraction of sp³-hybridized carbons (Fsp3) is 0.462. The average molecular weight is 254 g/mol. The molecule has 2 rings (SSSR count). The van der Waals surface area contributed by atoms with Crippen LogP contribution in [0.15, 0.2) is 18.2 Å². The molecule has 3 nitrogen and oxygen atoms in total. The van der Waals surface area contributed by atoms with E-state index in [1.807, 2.05) is 6.92 Å². The summed E-state index contributed by atoms with van der Waals surface area (Å²) in [7, 11) is 1.78. The third-order valence-electron chi connectivity index (χ3n) is 3.42. The lowest BCUT2D eigenvalue weighted by molar-refractivity contribution is 0.0727. The summed E-state index contributed by atoms with van der Waals surface area (Å²) in [5, 5.41) is 9.78. The molecule has 1 fully saturated rings. The van der Waals surface area contributed by atoms with Crippen molar-refractivity contribution in [2.75, 3.05) is 7.05 Å². The molecule has 0 radical (unpaired) electrons. The monoisotopic (exact) mass is 253 g/mol. The number of benzene rings is 1. The van der Waals surface area contributed by atoms with Gasteiger partial charge in [-0.15, -0.1) is 0 Å². The van der Waals surface area contributed by atoms with Crippen molar-refractivity contribution >= 4 is 17.5 Å². The summed E-state index contributed by atoms with van der Waals surface area (Å²) in [4.78, 5) is 13.9. The first-order valence-corrected chi connectivity index (χ1v) is 6.14. The molecule has 1 aromatic carbocycles. The summed E-state index contributed by atoms with van der Waals surface area (Å²) < 4.78 is 0. The van der Waals surface area contributed by atoms with Gasteiger partial charge in [-0.2, -0.15) is 0 Å². The predicted molar refractivity (Wildman–Crippen MR) is 67.4 cm³/mol. The van der Waals surface area contributed by atoms with Crippen molar-refractivity contribution in [2.45, 2.75) is 25.8 Å². The lowest BCUT2D eigenvalue weighted by Gasteiger charge is -2.25. The zero-order valence-electron chi connectivity index (χ0n) is 9.98. The first kappa shape index (κ1) is 12.2. The normalized spacial score (nSPS) is 16.6. The van der Waals surface area contributed by atoms with E-state index in [0.29, 0.717) is 16.5 Å². The van der Waals surface area contributed by atoms with Gasteiger partial charge in [0.25, 0.3) is 5.91 Å². The Bertz CT molecular complexity index is 443. The minimum absolute atomic E-state index is 0.0604. The number of hydrogen-bond acceptors (Lipinski definition) is 2. The standard InChI is InChI=1S/C13H16ClNO2/c1-8(9-3-4-9)15(2)13(17)11-7-10(16)5-6-12(11)14/h5-9,16H,3-4H2,1-2H3. The lowest BCUT2D eigenvalue weighted by atomic mass is 10.1. The van der Waals surface area contributed by atoms with Gasteiger partial charge in [0.2, 0.25) is 0 Å². The van der Waals surface area contributed by atoms with Gasteiger partial charge in [-0.25, -0.2) is 0 Å². The molecule has 1 saturated carbocycles. The van der Waals surface area contributed by atoms with E-state index in [0.717, 1.165) is 0 Å². The van der Waals surface area contributed by atoms with Crippen LogP contribution >= 0.6 is 11.6 Å². The Balaban J connectivity index is 2.20. The van der Waals surface area contributed by atoms with Crippen molar-refractivity contribution < 1.29 is 9.90 Å². The molecule has 1 aliphatic rings. The second-order valence-corrected chi connectivity index (χ2v) is 5.07. The van der Waals surface area contributed by atoms with Crippen LogP contribution in [0.1, 0.15) is 30.1 Å². The molecule has 1 aromatic rings. The molecule has 92 valence electrons. The molecular weight excluding hydrogens is 238 g/mol. The Kier molecular flexibility index (Phi) is 3.29. The van der Waals surface area contributed by atoms with Crippen LogP contribution in [-0.4, -0.2) is 29.0 Å². The SMILES string of the molecule is CC(C1CC1)N(C)C(=O)c1cc(O)ccc1Cl. The van der Waals surface area contributed by atoms with Gasteiger partial charge >= 0.3 is 0 Å². The van der Waals surface area contributed by atoms with E-state index in [2.05, 4.69) is 0 Å². The fourth-order valence-corrected chi connectivity index (χ4v) is 2.15. The minimum Gasteiger partial charge on any atom is -0.508 e. The Labute approximate surface area is 106 Å². The molecule has 0 heterocycles. The topological polar surface area (TPSA) is 40.5 Å². The van der Waals surface area contributed by atoms with Gasteiger partial charge in [0.15, 0.2) is 0 Å². The number of halogens is 1. The molecule has 1 amide bonds. The predicted octanol–water partition coefficient (Wildman–Crippen LogP) is 2.92. The van der Waals surface area contributed by atoms with Gasteiger partial charge in [0.05, 0.1) is 10.6 Å². The molecular formula is C13H16ClNO2. The molecule has 1 atom stereocenters. The molecule has 1 aliphatic carbocycles. The summed E-state index contributed by atoms with van der Waals surface area (Å²) in [6.07, 6.45) is 2.37. The van der Waals surface area contributed by atoms with E-state index in [9.17, 15) is 9.90 Å².